The Kier molecular flexibility index (Phi) is 3.77. The molecule has 0 amide bonds. The van der Waals surface area contributed by atoms with E-state index in [0.717, 1.165) is 25.2 Å². The number of hydrogen-bond acceptors (Lipinski definition) is 5. The molecule has 0 aromatic carbocycles. The summed E-state index contributed by atoms with van der Waals surface area (Å²) in [7, 11) is 0. The van der Waals surface area contributed by atoms with Gasteiger partial charge in [0.2, 0.25) is 0 Å². The SMILES string of the molecule is Nc1c(Cl)ncnc1NCCCc1ncc[nH]1. The van der Waals surface area contributed by atoms with Gasteiger partial charge in [0.25, 0.3) is 0 Å². The summed E-state index contributed by atoms with van der Waals surface area (Å²) < 4.78 is 0. The number of aromatic nitrogens is 4. The van der Waals surface area contributed by atoms with E-state index in [2.05, 4.69) is 25.3 Å². The molecule has 2 heterocycles. The van der Waals surface area contributed by atoms with Crippen molar-refractivity contribution in [3.8, 4) is 0 Å². The molecule has 2 rings (SSSR count). The predicted octanol–water partition coefficient (Wildman–Crippen LogP) is 1.48. The maximum absolute atomic E-state index is 5.78. The van der Waals surface area contributed by atoms with Crippen molar-refractivity contribution in [2.45, 2.75) is 12.8 Å². The van der Waals surface area contributed by atoms with Crippen LogP contribution in [0.25, 0.3) is 0 Å². The lowest BCUT2D eigenvalue weighted by Crippen LogP contribution is -2.08. The average molecular weight is 253 g/mol. The minimum absolute atomic E-state index is 0.272. The molecule has 0 unspecified atom stereocenters. The first-order valence-corrected chi connectivity index (χ1v) is 5.63. The van der Waals surface area contributed by atoms with Gasteiger partial charge in [-0.1, -0.05) is 11.6 Å². The van der Waals surface area contributed by atoms with Gasteiger partial charge in [0, 0.05) is 25.4 Å². The third-order valence-corrected chi connectivity index (χ3v) is 2.57. The van der Waals surface area contributed by atoms with Crippen molar-refractivity contribution < 1.29 is 0 Å². The molecule has 17 heavy (non-hydrogen) atoms. The number of nitrogens with zero attached hydrogens (tertiary/aromatic N) is 3. The highest BCUT2D eigenvalue weighted by molar-refractivity contribution is 6.32. The zero-order valence-corrected chi connectivity index (χ0v) is 9.91. The van der Waals surface area contributed by atoms with Crippen LogP contribution in [0.2, 0.25) is 5.15 Å². The van der Waals surface area contributed by atoms with Crippen LogP contribution in [-0.2, 0) is 6.42 Å². The quantitative estimate of drug-likeness (QED) is 0.554. The van der Waals surface area contributed by atoms with Crippen LogP contribution < -0.4 is 11.1 Å². The Morgan fingerprint density at radius 2 is 2.24 bits per heavy atom. The van der Waals surface area contributed by atoms with Gasteiger partial charge in [-0.05, 0) is 6.42 Å². The van der Waals surface area contributed by atoms with E-state index in [4.69, 9.17) is 17.3 Å². The second kappa shape index (κ2) is 5.49. The lowest BCUT2D eigenvalue weighted by molar-refractivity contribution is 0.813. The zero-order chi connectivity index (χ0) is 12.1. The Bertz CT molecular complexity index is 470. The van der Waals surface area contributed by atoms with Gasteiger partial charge in [0.15, 0.2) is 11.0 Å². The average Bonchev–Trinajstić information content (AvgIpc) is 2.83. The summed E-state index contributed by atoms with van der Waals surface area (Å²) in [6.45, 7) is 0.748. The molecule has 2 aromatic heterocycles. The third-order valence-electron chi connectivity index (χ3n) is 2.27. The van der Waals surface area contributed by atoms with Gasteiger partial charge in [-0.3, -0.25) is 0 Å². The fraction of sp³-hybridized carbons (Fsp3) is 0.300. The van der Waals surface area contributed by atoms with E-state index < -0.39 is 0 Å². The molecule has 0 radical (unpaired) electrons. The smallest absolute Gasteiger partial charge is 0.157 e. The number of aromatic amines is 1. The number of H-pyrrole nitrogens is 1. The van der Waals surface area contributed by atoms with E-state index in [0.29, 0.717) is 11.5 Å². The van der Waals surface area contributed by atoms with E-state index >= 15 is 0 Å². The molecule has 0 saturated heterocycles. The second-order valence-electron chi connectivity index (χ2n) is 3.49. The van der Waals surface area contributed by atoms with E-state index in [9.17, 15) is 0 Å². The maximum Gasteiger partial charge on any atom is 0.157 e. The molecular weight excluding hydrogens is 240 g/mol. The number of hydrogen-bond donors (Lipinski definition) is 3. The van der Waals surface area contributed by atoms with Crippen LogP contribution in [-0.4, -0.2) is 26.5 Å². The highest BCUT2D eigenvalue weighted by atomic mass is 35.5. The molecule has 0 spiro atoms. The van der Waals surface area contributed by atoms with Crippen LogP contribution in [0.4, 0.5) is 11.5 Å². The lowest BCUT2D eigenvalue weighted by Gasteiger charge is -2.07. The van der Waals surface area contributed by atoms with Crippen molar-refractivity contribution in [3.05, 3.63) is 29.7 Å². The van der Waals surface area contributed by atoms with Gasteiger partial charge in [0.1, 0.15) is 17.8 Å². The molecule has 2 aromatic rings. The van der Waals surface area contributed by atoms with Crippen molar-refractivity contribution in [2.24, 2.45) is 0 Å². The van der Waals surface area contributed by atoms with Gasteiger partial charge in [-0.15, -0.1) is 0 Å². The van der Waals surface area contributed by atoms with Gasteiger partial charge in [0.05, 0.1) is 0 Å². The zero-order valence-electron chi connectivity index (χ0n) is 9.15. The number of aryl methyl sites for hydroxylation is 1. The Morgan fingerprint density at radius 1 is 1.35 bits per heavy atom. The minimum Gasteiger partial charge on any atom is -0.393 e. The lowest BCUT2D eigenvalue weighted by atomic mass is 10.3. The molecule has 0 atom stereocenters. The molecule has 0 bridgehead atoms. The molecule has 6 nitrogen and oxygen atoms in total. The van der Waals surface area contributed by atoms with Crippen molar-refractivity contribution in [3.63, 3.8) is 0 Å². The van der Waals surface area contributed by atoms with Gasteiger partial charge >= 0.3 is 0 Å². The largest absolute Gasteiger partial charge is 0.393 e. The normalized spacial score (nSPS) is 10.4. The fourth-order valence-electron chi connectivity index (χ4n) is 1.41. The number of rotatable bonds is 5. The number of nitrogens with two attached hydrogens (primary N) is 1. The van der Waals surface area contributed by atoms with Crippen molar-refractivity contribution in [2.75, 3.05) is 17.6 Å². The van der Waals surface area contributed by atoms with Crippen LogP contribution in [0, 0.1) is 0 Å². The number of halogens is 1. The standard InChI is InChI=1S/C10H13ClN6/c11-9-8(12)10(17-6-16-9)15-3-1-2-7-13-4-5-14-7/h4-6H,1-3,12H2,(H,13,14)(H,15,16,17). The van der Waals surface area contributed by atoms with E-state index in [1.807, 2.05) is 6.20 Å². The van der Waals surface area contributed by atoms with Crippen LogP contribution in [0.15, 0.2) is 18.7 Å². The Labute approximate surface area is 104 Å². The summed E-state index contributed by atoms with van der Waals surface area (Å²) in [5.74, 6) is 1.55. The van der Waals surface area contributed by atoms with Crippen LogP contribution in [0.1, 0.15) is 12.2 Å². The fourth-order valence-corrected chi connectivity index (χ4v) is 1.55. The second-order valence-corrected chi connectivity index (χ2v) is 3.85. The summed E-state index contributed by atoms with van der Waals surface area (Å²) >= 11 is 5.78. The first kappa shape index (κ1) is 11.7. The first-order chi connectivity index (χ1) is 8.27. The van der Waals surface area contributed by atoms with Gasteiger partial charge in [-0.2, -0.15) is 0 Å². The predicted molar refractivity (Wildman–Crippen MR) is 66.9 cm³/mol. The maximum atomic E-state index is 5.78. The highest BCUT2D eigenvalue weighted by Gasteiger charge is 2.04. The molecule has 0 fully saturated rings. The van der Waals surface area contributed by atoms with Crippen LogP contribution >= 0.6 is 11.6 Å². The molecule has 0 aliphatic carbocycles. The van der Waals surface area contributed by atoms with Gasteiger partial charge < -0.3 is 16.0 Å². The summed E-state index contributed by atoms with van der Waals surface area (Å²) in [6.07, 6.45) is 6.73. The molecule has 90 valence electrons. The Morgan fingerprint density at radius 3 is 3.00 bits per heavy atom. The number of nitrogen functional groups attached to an aromatic ring is 1. The number of anilines is 2. The van der Waals surface area contributed by atoms with E-state index in [-0.39, 0.29) is 5.15 Å². The first-order valence-electron chi connectivity index (χ1n) is 5.25. The Hall–Kier alpha value is -1.82. The topological polar surface area (TPSA) is 92.5 Å². The van der Waals surface area contributed by atoms with E-state index in [1.54, 1.807) is 6.20 Å². The van der Waals surface area contributed by atoms with Crippen molar-refractivity contribution in [1.29, 1.82) is 0 Å². The summed E-state index contributed by atoms with van der Waals surface area (Å²) in [6, 6.07) is 0. The molecular formula is C10H13ClN6. The monoisotopic (exact) mass is 252 g/mol. The summed E-state index contributed by atoms with van der Waals surface area (Å²) in [4.78, 5) is 15.0. The van der Waals surface area contributed by atoms with E-state index in [1.165, 1.54) is 6.33 Å². The number of nitrogens with one attached hydrogen (secondary N) is 2. The third kappa shape index (κ3) is 3.07. The molecule has 4 N–H and O–H groups in total. The number of imidazole rings is 1. The Balaban J connectivity index is 1.80. The molecule has 0 aliphatic rings. The van der Waals surface area contributed by atoms with Crippen LogP contribution in [0.3, 0.4) is 0 Å². The van der Waals surface area contributed by atoms with Gasteiger partial charge in [-0.25, -0.2) is 15.0 Å². The molecule has 0 saturated carbocycles. The summed E-state index contributed by atoms with van der Waals surface area (Å²) in [5.41, 5.74) is 6.10. The summed E-state index contributed by atoms with van der Waals surface area (Å²) in [5, 5.41) is 3.39. The molecule has 7 heteroatoms. The molecule has 0 aliphatic heterocycles. The van der Waals surface area contributed by atoms with Crippen molar-refractivity contribution >= 4 is 23.1 Å². The van der Waals surface area contributed by atoms with Crippen molar-refractivity contribution in [1.82, 2.24) is 19.9 Å². The minimum atomic E-state index is 0.272. The highest BCUT2D eigenvalue weighted by Crippen LogP contribution is 2.21. The van der Waals surface area contributed by atoms with Crippen LogP contribution in [0.5, 0.6) is 0 Å².